The van der Waals surface area contributed by atoms with Crippen molar-refractivity contribution in [2.45, 2.75) is 6.92 Å². The Labute approximate surface area is 105 Å². The summed E-state index contributed by atoms with van der Waals surface area (Å²) in [6.45, 7) is 1.85. The lowest BCUT2D eigenvalue weighted by Crippen LogP contribution is -1.93. The molecular weight excluding hydrogens is 226 g/mol. The van der Waals surface area contributed by atoms with E-state index in [0.717, 1.165) is 5.76 Å². The van der Waals surface area contributed by atoms with E-state index in [1.54, 1.807) is 36.4 Å². The standard InChI is InChI=1S/C15H11NO2/c1-11-2-7-14(18-11)8-9-15(17)13-5-3-12(10-16)4-6-13/h2-9H,1H3. The van der Waals surface area contributed by atoms with Crippen LogP contribution in [0.4, 0.5) is 0 Å². The molecular formula is C15H11NO2. The van der Waals surface area contributed by atoms with E-state index in [9.17, 15) is 4.79 Å². The lowest BCUT2D eigenvalue weighted by atomic mass is 10.1. The van der Waals surface area contributed by atoms with Gasteiger partial charge in [-0.2, -0.15) is 5.26 Å². The molecule has 0 saturated heterocycles. The fourth-order valence-corrected chi connectivity index (χ4v) is 1.51. The number of nitriles is 1. The number of hydrogen-bond donors (Lipinski definition) is 0. The van der Waals surface area contributed by atoms with Crippen molar-refractivity contribution in [3.63, 3.8) is 0 Å². The van der Waals surface area contributed by atoms with Crippen LogP contribution in [0.25, 0.3) is 6.08 Å². The topological polar surface area (TPSA) is 54.0 Å². The number of carbonyl (C=O) groups excluding carboxylic acids is 1. The molecule has 0 aliphatic rings. The Hall–Kier alpha value is -2.60. The van der Waals surface area contributed by atoms with E-state index in [0.29, 0.717) is 16.9 Å². The van der Waals surface area contributed by atoms with Gasteiger partial charge in [0.2, 0.25) is 0 Å². The molecule has 0 spiro atoms. The van der Waals surface area contributed by atoms with E-state index in [2.05, 4.69) is 0 Å². The molecule has 88 valence electrons. The van der Waals surface area contributed by atoms with Crippen molar-refractivity contribution < 1.29 is 9.21 Å². The fourth-order valence-electron chi connectivity index (χ4n) is 1.51. The molecule has 0 amide bonds. The molecule has 2 aromatic rings. The van der Waals surface area contributed by atoms with E-state index in [1.165, 1.54) is 6.08 Å². The fraction of sp³-hybridized carbons (Fsp3) is 0.0667. The van der Waals surface area contributed by atoms with Crippen molar-refractivity contribution in [3.05, 3.63) is 65.1 Å². The van der Waals surface area contributed by atoms with Crippen LogP contribution in [0.5, 0.6) is 0 Å². The molecule has 0 unspecified atom stereocenters. The van der Waals surface area contributed by atoms with Gasteiger partial charge in [0.25, 0.3) is 0 Å². The average Bonchev–Trinajstić information content (AvgIpc) is 2.82. The smallest absolute Gasteiger partial charge is 0.185 e. The van der Waals surface area contributed by atoms with Crippen LogP contribution >= 0.6 is 0 Å². The minimum absolute atomic E-state index is 0.117. The maximum absolute atomic E-state index is 11.8. The van der Waals surface area contributed by atoms with Gasteiger partial charge in [0.05, 0.1) is 11.6 Å². The van der Waals surface area contributed by atoms with Crippen molar-refractivity contribution in [2.24, 2.45) is 0 Å². The molecule has 2 rings (SSSR count). The van der Waals surface area contributed by atoms with E-state index in [1.807, 2.05) is 19.1 Å². The number of hydrogen-bond acceptors (Lipinski definition) is 3. The maximum atomic E-state index is 11.8. The van der Waals surface area contributed by atoms with Gasteiger partial charge in [-0.05, 0) is 55.5 Å². The minimum atomic E-state index is -0.117. The van der Waals surface area contributed by atoms with Crippen LogP contribution in [0.15, 0.2) is 46.9 Å². The normalized spacial score (nSPS) is 10.4. The molecule has 0 radical (unpaired) electrons. The molecule has 0 fully saturated rings. The van der Waals surface area contributed by atoms with Gasteiger partial charge in [-0.15, -0.1) is 0 Å². The number of allylic oxidation sites excluding steroid dienone is 1. The van der Waals surface area contributed by atoms with Gasteiger partial charge in [-0.1, -0.05) is 0 Å². The highest BCUT2D eigenvalue weighted by molar-refractivity contribution is 6.06. The van der Waals surface area contributed by atoms with Gasteiger partial charge in [-0.25, -0.2) is 0 Å². The molecule has 1 aromatic carbocycles. The summed E-state index contributed by atoms with van der Waals surface area (Å²) in [6.07, 6.45) is 3.09. The van der Waals surface area contributed by atoms with Gasteiger partial charge in [0, 0.05) is 5.56 Å². The van der Waals surface area contributed by atoms with Crippen molar-refractivity contribution >= 4 is 11.9 Å². The molecule has 0 atom stereocenters. The van der Waals surface area contributed by atoms with Crippen LogP contribution in [0.1, 0.15) is 27.4 Å². The first-order valence-electron chi connectivity index (χ1n) is 5.48. The van der Waals surface area contributed by atoms with E-state index >= 15 is 0 Å². The summed E-state index contributed by atoms with van der Waals surface area (Å²) in [5, 5.41) is 8.66. The second-order valence-corrected chi connectivity index (χ2v) is 3.84. The lowest BCUT2D eigenvalue weighted by molar-refractivity contribution is 0.104. The Bertz CT molecular complexity index is 627. The summed E-state index contributed by atoms with van der Waals surface area (Å²) in [5.74, 6) is 1.34. The maximum Gasteiger partial charge on any atom is 0.185 e. The molecule has 1 heterocycles. The van der Waals surface area contributed by atoms with Crippen LogP contribution in [0, 0.1) is 18.3 Å². The molecule has 0 bridgehead atoms. The second-order valence-electron chi connectivity index (χ2n) is 3.84. The number of benzene rings is 1. The van der Waals surface area contributed by atoms with Gasteiger partial charge < -0.3 is 4.42 Å². The summed E-state index contributed by atoms with van der Waals surface area (Å²) < 4.78 is 5.32. The highest BCUT2D eigenvalue weighted by Crippen LogP contribution is 2.10. The zero-order chi connectivity index (χ0) is 13.0. The highest BCUT2D eigenvalue weighted by atomic mass is 16.3. The predicted molar refractivity (Wildman–Crippen MR) is 68.0 cm³/mol. The molecule has 0 saturated carbocycles. The van der Waals surface area contributed by atoms with E-state index in [4.69, 9.17) is 9.68 Å². The third-order valence-corrected chi connectivity index (χ3v) is 2.46. The summed E-state index contributed by atoms with van der Waals surface area (Å²) in [4.78, 5) is 11.8. The van der Waals surface area contributed by atoms with Crippen LogP contribution in [-0.2, 0) is 0 Å². The number of nitrogens with zero attached hydrogens (tertiary/aromatic N) is 1. The van der Waals surface area contributed by atoms with Crippen molar-refractivity contribution in [1.82, 2.24) is 0 Å². The van der Waals surface area contributed by atoms with Gasteiger partial charge in [0.15, 0.2) is 5.78 Å². The quantitative estimate of drug-likeness (QED) is 0.607. The Morgan fingerprint density at radius 3 is 2.50 bits per heavy atom. The molecule has 18 heavy (non-hydrogen) atoms. The zero-order valence-electron chi connectivity index (χ0n) is 9.88. The van der Waals surface area contributed by atoms with Crippen molar-refractivity contribution in [3.8, 4) is 6.07 Å². The Morgan fingerprint density at radius 2 is 1.94 bits per heavy atom. The molecule has 3 heteroatoms. The number of ketones is 1. The van der Waals surface area contributed by atoms with Crippen LogP contribution in [0.3, 0.4) is 0 Å². The number of carbonyl (C=O) groups is 1. The Balaban J connectivity index is 2.12. The summed E-state index contributed by atoms with van der Waals surface area (Å²) in [7, 11) is 0. The van der Waals surface area contributed by atoms with Crippen molar-refractivity contribution in [2.75, 3.05) is 0 Å². The monoisotopic (exact) mass is 237 g/mol. The summed E-state index contributed by atoms with van der Waals surface area (Å²) in [6, 6.07) is 12.2. The molecule has 3 nitrogen and oxygen atoms in total. The zero-order valence-corrected chi connectivity index (χ0v) is 9.88. The molecule has 0 N–H and O–H groups in total. The first-order valence-corrected chi connectivity index (χ1v) is 5.48. The van der Waals surface area contributed by atoms with Crippen LogP contribution in [-0.4, -0.2) is 5.78 Å². The SMILES string of the molecule is Cc1ccc(C=CC(=O)c2ccc(C#N)cc2)o1. The van der Waals surface area contributed by atoms with Gasteiger partial charge in [0.1, 0.15) is 11.5 Å². The minimum Gasteiger partial charge on any atom is -0.462 e. The van der Waals surface area contributed by atoms with Crippen molar-refractivity contribution in [1.29, 1.82) is 5.26 Å². The van der Waals surface area contributed by atoms with Gasteiger partial charge >= 0.3 is 0 Å². The third kappa shape index (κ3) is 2.74. The molecule has 1 aromatic heterocycles. The van der Waals surface area contributed by atoms with Crippen LogP contribution < -0.4 is 0 Å². The first kappa shape index (κ1) is 11.9. The molecule has 0 aliphatic heterocycles. The van der Waals surface area contributed by atoms with Gasteiger partial charge in [-0.3, -0.25) is 4.79 Å². The third-order valence-electron chi connectivity index (χ3n) is 2.46. The molecule has 0 aliphatic carbocycles. The largest absolute Gasteiger partial charge is 0.462 e. The number of rotatable bonds is 3. The highest BCUT2D eigenvalue weighted by Gasteiger charge is 2.02. The summed E-state index contributed by atoms with van der Waals surface area (Å²) in [5.41, 5.74) is 1.09. The first-order chi connectivity index (χ1) is 8.69. The van der Waals surface area contributed by atoms with Crippen LogP contribution in [0.2, 0.25) is 0 Å². The lowest BCUT2D eigenvalue weighted by Gasteiger charge is -1.95. The Morgan fingerprint density at radius 1 is 1.22 bits per heavy atom. The number of furan rings is 1. The van der Waals surface area contributed by atoms with E-state index < -0.39 is 0 Å². The second kappa shape index (κ2) is 5.15. The summed E-state index contributed by atoms with van der Waals surface area (Å²) >= 11 is 0. The predicted octanol–water partition coefficient (Wildman–Crippen LogP) is 3.36. The van der Waals surface area contributed by atoms with E-state index in [-0.39, 0.29) is 5.78 Å². The Kier molecular flexibility index (Phi) is 3.40. The average molecular weight is 237 g/mol. The number of aryl methyl sites for hydroxylation is 1.